The van der Waals surface area contributed by atoms with Gasteiger partial charge in [0.2, 0.25) is 5.91 Å². The summed E-state index contributed by atoms with van der Waals surface area (Å²) in [6.45, 7) is 6.80. The summed E-state index contributed by atoms with van der Waals surface area (Å²) in [5, 5.41) is 0. The summed E-state index contributed by atoms with van der Waals surface area (Å²) in [6.07, 6.45) is -4.14. The number of nitrogens with zero attached hydrogens (tertiary/aromatic N) is 2. The minimum atomic E-state index is -4.42. The number of rotatable bonds is 4. The van der Waals surface area contributed by atoms with E-state index in [-0.39, 0.29) is 5.56 Å². The summed E-state index contributed by atoms with van der Waals surface area (Å²) in [5.74, 6) is -2.15. The lowest BCUT2D eigenvalue weighted by Gasteiger charge is -2.26. The summed E-state index contributed by atoms with van der Waals surface area (Å²) in [7, 11) is 0. The summed E-state index contributed by atoms with van der Waals surface area (Å²) < 4.78 is 40.2. The average molecular weight is 342 g/mol. The highest BCUT2D eigenvalue weighted by atomic mass is 19.4. The van der Waals surface area contributed by atoms with Crippen LogP contribution in [0.1, 0.15) is 38.2 Å². The minimum Gasteiger partial charge on any atom is -0.341 e. The second-order valence-corrected chi connectivity index (χ2v) is 6.57. The monoisotopic (exact) mass is 342 g/mol. The third-order valence-corrected chi connectivity index (χ3v) is 4.59. The first-order valence-corrected chi connectivity index (χ1v) is 8.42. The third-order valence-electron chi connectivity index (χ3n) is 4.59. The molecule has 1 saturated heterocycles. The fourth-order valence-electron chi connectivity index (χ4n) is 3.11. The molecule has 0 aromatic heterocycles. The smallest absolute Gasteiger partial charge is 0.341 e. The molecule has 0 bridgehead atoms. The number of hydrogen-bond donors (Lipinski definition) is 0. The van der Waals surface area contributed by atoms with Gasteiger partial charge in [-0.15, -0.1) is 0 Å². The van der Waals surface area contributed by atoms with Crippen LogP contribution in [-0.4, -0.2) is 54.1 Å². The molecule has 1 atom stereocenters. The van der Waals surface area contributed by atoms with Gasteiger partial charge in [0.1, 0.15) is 0 Å². The molecule has 0 spiro atoms. The van der Waals surface area contributed by atoms with Crippen LogP contribution in [0.15, 0.2) is 30.3 Å². The Morgan fingerprint density at radius 1 is 1.08 bits per heavy atom. The molecule has 0 aliphatic carbocycles. The molecule has 3 nitrogen and oxygen atoms in total. The van der Waals surface area contributed by atoms with Gasteiger partial charge in [-0.3, -0.25) is 9.69 Å². The maximum atomic E-state index is 13.4. The normalized spacial score (nSPS) is 18.5. The third kappa shape index (κ3) is 4.97. The van der Waals surface area contributed by atoms with Gasteiger partial charge in [0.05, 0.1) is 5.92 Å². The van der Waals surface area contributed by atoms with Gasteiger partial charge < -0.3 is 4.90 Å². The first kappa shape index (κ1) is 18.8. The summed E-state index contributed by atoms with van der Waals surface area (Å²) in [5.41, 5.74) is 0.150. The van der Waals surface area contributed by atoms with E-state index < -0.39 is 24.4 Å². The molecule has 0 unspecified atom stereocenters. The standard InChI is InChI=1S/C18H25F3N2O/c1-14(2)22-9-6-10-23(12-11-22)17(24)13-16(18(19,20)21)15-7-4-3-5-8-15/h3-5,7-8,14,16H,6,9-13H2,1-2H3/t16-/m0/s1. The molecule has 2 rings (SSSR count). The van der Waals surface area contributed by atoms with Gasteiger partial charge in [-0.25, -0.2) is 0 Å². The highest BCUT2D eigenvalue weighted by Gasteiger charge is 2.42. The summed E-state index contributed by atoms with van der Waals surface area (Å²) in [6, 6.07) is 8.08. The Kier molecular flexibility index (Phi) is 6.27. The largest absolute Gasteiger partial charge is 0.396 e. The fourth-order valence-corrected chi connectivity index (χ4v) is 3.11. The van der Waals surface area contributed by atoms with Crippen LogP contribution in [0.2, 0.25) is 0 Å². The molecule has 1 heterocycles. The molecule has 0 radical (unpaired) electrons. The first-order chi connectivity index (χ1) is 11.3. The second-order valence-electron chi connectivity index (χ2n) is 6.57. The average Bonchev–Trinajstić information content (AvgIpc) is 2.78. The van der Waals surface area contributed by atoms with E-state index >= 15 is 0 Å². The molecule has 24 heavy (non-hydrogen) atoms. The Bertz CT molecular complexity index is 531. The molecule has 1 aromatic rings. The molecule has 1 aromatic carbocycles. The predicted octanol–water partition coefficient (Wildman–Crippen LogP) is 3.67. The van der Waals surface area contributed by atoms with E-state index in [1.54, 1.807) is 23.1 Å². The Morgan fingerprint density at radius 2 is 1.75 bits per heavy atom. The Labute approximate surface area is 141 Å². The van der Waals surface area contributed by atoms with Crippen molar-refractivity contribution < 1.29 is 18.0 Å². The Balaban J connectivity index is 2.05. The van der Waals surface area contributed by atoms with Crippen molar-refractivity contribution in [3.8, 4) is 0 Å². The molecule has 1 aliphatic rings. The van der Waals surface area contributed by atoms with Crippen molar-refractivity contribution in [3.05, 3.63) is 35.9 Å². The molecular formula is C18H25F3N2O. The van der Waals surface area contributed by atoms with Gasteiger partial charge in [0, 0.05) is 38.6 Å². The highest BCUT2D eigenvalue weighted by molar-refractivity contribution is 5.77. The van der Waals surface area contributed by atoms with Crippen molar-refractivity contribution in [2.45, 2.75) is 44.8 Å². The first-order valence-electron chi connectivity index (χ1n) is 8.42. The van der Waals surface area contributed by atoms with E-state index in [0.29, 0.717) is 25.7 Å². The Morgan fingerprint density at radius 3 is 2.33 bits per heavy atom. The van der Waals surface area contributed by atoms with Crippen LogP contribution < -0.4 is 0 Å². The second kappa shape index (κ2) is 8.01. The number of alkyl halides is 3. The van der Waals surface area contributed by atoms with E-state index in [4.69, 9.17) is 0 Å². The van der Waals surface area contributed by atoms with Crippen LogP contribution in [0.3, 0.4) is 0 Å². The zero-order valence-corrected chi connectivity index (χ0v) is 14.2. The molecule has 1 aliphatic heterocycles. The van der Waals surface area contributed by atoms with Crippen LogP contribution in [0.25, 0.3) is 0 Å². The lowest BCUT2D eigenvalue weighted by Crippen LogP contribution is -2.38. The summed E-state index contributed by atoms with van der Waals surface area (Å²) in [4.78, 5) is 16.3. The predicted molar refractivity (Wildman–Crippen MR) is 87.8 cm³/mol. The van der Waals surface area contributed by atoms with E-state index in [1.165, 1.54) is 12.1 Å². The maximum Gasteiger partial charge on any atom is 0.396 e. The van der Waals surface area contributed by atoms with Crippen LogP contribution in [0, 0.1) is 0 Å². The number of halogens is 3. The molecule has 134 valence electrons. The molecule has 1 amide bonds. The van der Waals surface area contributed by atoms with E-state index in [1.807, 2.05) is 0 Å². The van der Waals surface area contributed by atoms with Gasteiger partial charge in [-0.1, -0.05) is 30.3 Å². The number of carbonyl (C=O) groups excluding carboxylic acids is 1. The van der Waals surface area contributed by atoms with Crippen molar-refractivity contribution in [2.24, 2.45) is 0 Å². The SMILES string of the molecule is CC(C)N1CCCN(C(=O)C[C@@H](c2ccccc2)C(F)(F)F)CC1. The molecule has 6 heteroatoms. The van der Waals surface area contributed by atoms with E-state index in [0.717, 1.165) is 13.0 Å². The van der Waals surface area contributed by atoms with Crippen molar-refractivity contribution in [3.63, 3.8) is 0 Å². The van der Waals surface area contributed by atoms with E-state index in [2.05, 4.69) is 18.7 Å². The van der Waals surface area contributed by atoms with Crippen molar-refractivity contribution in [2.75, 3.05) is 26.2 Å². The summed E-state index contributed by atoms with van der Waals surface area (Å²) >= 11 is 0. The maximum absolute atomic E-state index is 13.4. The Hall–Kier alpha value is -1.56. The van der Waals surface area contributed by atoms with Crippen molar-refractivity contribution in [1.82, 2.24) is 9.80 Å². The van der Waals surface area contributed by atoms with E-state index in [9.17, 15) is 18.0 Å². The zero-order chi connectivity index (χ0) is 17.7. The zero-order valence-electron chi connectivity index (χ0n) is 14.2. The molecule has 1 fully saturated rings. The lowest BCUT2D eigenvalue weighted by atomic mass is 9.94. The van der Waals surface area contributed by atoms with Crippen LogP contribution in [0.5, 0.6) is 0 Å². The topological polar surface area (TPSA) is 23.6 Å². The van der Waals surface area contributed by atoms with Crippen LogP contribution in [-0.2, 0) is 4.79 Å². The van der Waals surface area contributed by atoms with Crippen LogP contribution in [0.4, 0.5) is 13.2 Å². The lowest BCUT2D eigenvalue weighted by molar-refractivity contribution is -0.160. The number of hydrogen-bond acceptors (Lipinski definition) is 2. The number of carbonyl (C=O) groups is 1. The van der Waals surface area contributed by atoms with Crippen molar-refractivity contribution >= 4 is 5.91 Å². The minimum absolute atomic E-state index is 0.150. The number of amides is 1. The number of benzene rings is 1. The van der Waals surface area contributed by atoms with Gasteiger partial charge in [0.15, 0.2) is 0 Å². The quantitative estimate of drug-likeness (QED) is 0.834. The molecular weight excluding hydrogens is 317 g/mol. The van der Waals surface area contributed by atoms with Crippen molar-refractivity contribution in [1.29, 1.82) is 0 Å². The molecule has 0 N–H and O–H groups in total. The van der Waals surface area contributed by atoms with Gasteiger partial charge in [0.25, 0.3) is 0 Å². The van der Waals surface area contributed by atoms with Crippen LogP contribution >= 0.6 is 0 Å². The fraction of sp³-hybridized carbons (Fsp3) is 0.611. The van der Waals surface area contributed by atoms with Gasteiger partial charge in [-0.05, 0) is 25.8 Å². The highest BCUT2D eigenvalue weighted by Crippen LogP contribution is 2.37. The van der Waals surface area contributed by atoms with Gasteiger partial charge in [-0.2, -0.15) is 13.2 Å². The molecule has 0 saturated carbocycles. The van der Waals surface area contributed by atoms with Gasteiger partial charge >= 0.3 is 6.18 Å².